The van der Waals surface area contributed by atoms with Crippen LogP contribution in [0.2, 0.25) is 0 Å². The Morgan fingerprint density at radius 2 is 1.79 bits per heavy atom. The van der Waals surface area contributed by atoms with Crippen LogP contribution >= 0.6 is 24.2 Å². The maximum atomic E-state index is 13.7. The number of nitrogens with one attached hydrogen (secondary N) is 1. The highest BCUT2D eigenvalue weighted by Gasteiger charge is 2.45. The number of aromatic nitrogens is 2. The topological polar surface area (TPSA) is 118 Å². The summed E-state index contributed by atoms with van der Waals surface area (Å²) in [6.45, 7) is 4.60. The number of halogens is 4. The number of carbonyl (C=O) groups is 3. The van der Waals surface area contributed by atoms with Crippen molar-refractivity contribution >= 4 is 42.3 Å². The summed E-state index contributed by atoms with van der Waals surface area (Å²) < 4.78 is 47.2. The number of carbonyl (C=O) groups excluding carboxylic acids is 3. The van der Waals surface area contributed by atoms with Crippen molar-refractivity contribution in [2.24, 2.45) is 5.92 Å². The highest BCUT2D eigenvalue weighted by Crippen LogP contribution is 2.35. The highest BCUT2D eigenvalue weighted by atomic mass is 35.5. The fourth-order valence-corrected chi connectivity index (χ4v) is 5.64. The van der Waals surface area contributed by atoms with E-state index >= 15 is 0 Å². The molecule has 1 N–H and O–H groups in total. The van der Waals surface area contributed by atoms with Crippen molar-refractivity contribution in [2.45, 2.75) is 75.7 Å². The van der Waals surface area contributed by atoms with E-state index in [-0.39, 0.29) is 41.4 Å². The molecule has 1 aliphatic rings. The van der Waals surface area contributed by atoms with Gasteiger partial charge in [-0.05, 0) is 76.4 Å². The molecule has 1 fully saturated rings. The molecule has 2 amide bonds. The van der Waals surface area contributed by atoms with Crippen molar-refractivity contribution < 1.29 is 36.7 Å². The van der Waals surface area contributed by atoms with Gasteiger partial charge in [-0.25, -0.2) is 0 Å². The third kappa shape index (κ3) is 9.87. The van der Waals surface area contributed by atoms with Gasteiger partial charge >= 0.3 is 6.36 Å². The second kappa shape index (κ2) is 15.6. The van der Waals surface area contributed by atoms with E-state index in [9.17, 15) is 27.6 Å². The molecule has 1 unspecified atom stereocenters. The Bertz CT molecular complexity index is 1170. The zero-order valence-electron chi connectivity index (χ0n) is 24.0. The van der Waals surface area contributed by atoms with Crippen LogP contribution in [0.5, 0.6) is 5.75 Å². The number of ether oxygens (including phenoxy) is 1. The molecule has 0 bridgehead atoms. The average molecular weight is 636 g/mol. The number of thioether (sulfide) groups is 1. The Hall–Kier alpha value is -2.84. The zero-order chi connectivity index (χ0) is 30.2. The normalized spacial score (nSPS) is 15.5. The lowest BCUT2D eigenvalue weighted by atomic mass is 9.84. The molecule has 1 heterocycles. The van der Waals surface area contributed by atoms with E-state index in [0.29, 0.717) is 37.8 Å². The third-order valence-electron chi connectivity index (χ3n) is 6.70. The molecule has 10 nitrogen and oxygen atoms in total. The van der Waals surface area contributed by atoms with Gasteiger partial charge in [-0.1, -0.05) is 32.0 Å². The molecule has 15 heteroatoms. The molecular weight excluding hydrogens is 599 g/mol. The number of hydrogen-bond acceptors (Lipinski definition) is 9. The molecule has 0 aliphatic heterocycles. The minimum Gasteiger partial charge on any atom is -0.408 e. The molecule has 0 spiro atoms. The van der Waals surface area contributed by atoms with E-state index in [2.05, 4.69) is 20.3 Å². The highest BCUT2D eigenvalue weighted by molar-refractivity contribution is 7.99. The predicted molar refractivity (Wildman–Crippen MR) is 153 cm³/mol. The first-order chi connectivity index (χ1) is 19.3. The first kappa shape index (κ1) is 35.4. The smallest absolute Gasteiger partial charge is 0.408 e. The molecule has 2 aromatic rings. The maximum absolute atomic E-state index is 13.7. The lowest BCUT2D eigenvalue weighted by molar-refractivity contribution is -0.274. The molecule has 1 aliphatic carbocycles. The van der Waals surface area contributed by atoms with Gasteiger partial charge in [-0.3, -0.25) is 14.4 Å². The lowest BCUT2D eigenvalue weighted by Gasteiger charge is -2.48. The molecule has 234 valence electrons. The zero-order valence-corrected chi connectivity index (χ0v) is 25.6. The summed E-state index contributed by atoms with van der Waals surface area (Å²) in [6.07, 6.45) is -0.952. The van der Waals surface area contributed by atoms with E-state index in [1.807, 2.05) is 32.8 Å². The first-order valence-corrected chi connectivity index (χ1v) is 14.4. The fraction of sp³-hybridized carbons (Fsp3) is 0.593. The second-order valence-corrected chi connectivity index (χ2v) is 11.7. The van der Waals surface area contributed by atoms with Crippen LogP contribution in [-0.2, 0) is 4.79 Å². The molecule has 1 aromatic heterocycles. The summed E-state index contributed by atoms with van der Waals surface area (Å²) in [6, 6.07) is 3.52. The number of Topliss-reactive ketones (excluding diaryl/α,β-unsaturated/α-hetero) is 1. The van der Waals surface area contributed by atoms with Gasteiger partial charge < -0.3 is 24.3 Å². The van der Waals surface area contributed by atoms with E-state index in [1.165, 1.54) is 28.8 Å². The Morgan fingerprint density at radius 1 is 1.14 bits per heavy atom. The number of rotatable bonds is 14. The van der Waals surface area contributed by atoms with Gasteiger partial charge in [0.15, 0.2) is 0 Å². The molecule has 1 atom stereocenters. The number of amides is 2. The van der Waals surface area contributed by atoms with Crippen LogP contribution in [0.1, 0.15) is 73.4 Å². The summed E-state index contributed by atoms with van der Waals surface area (Å²) in [5.41, 5.74) is -1.12. The number of benzene rings is 1. The fourth-order valence-electron chi connectivity index (χ4n) is 4.77. The molecule has 0 radical (unpaired) electrons. The quantitative estimate of drug-likeness (QED) is 0.129. The van der Waals surface area contributed by atoms with Crippen LogP contribution in [-0.4, -0.2) is 82.6 Å². The second-order valence-electron chi connectivity index (χ2n) is 10.7. The van der Waals surface area contributed by atoms with Crippen LogP contribution in [0.4, 0.5) is 13.2 Å². The Morgan fingerprint density at radius 3 is 2.33 bits per heavy atom. The minimum absolute atomic E-state index is 0. The van der Waals surface area contributed by atoms with Crippen molar-refractivity contribution in [1.82, 2.24) is 25.3 Å². The van der Waals surface area contributed by atoms with Crippen molar-refractivity contribution in [1.29, 1.82) is 0 Å². The third-order valence-corrected chi connectivity index (χ3v) is 7.50. The minimum atomic E-state index is -4.86. The maximum Gasteiger partial charge on any atom is 0.573 e. The Kier molecular flexibility index (Phi) is 13.1. The number of alkyl halides is 3. The largest absolute Gasteiger partial charge is 0.573 e. The van der Waals surface area contributed by atoms with Gasteiger partial charge in [-0.15, -0.1) is 35.8 Å². The van der Waals surface area contributed by atoms with Gasteiger partial charge in [0.05, 0.1) is 0 Å². The summed E-state index contributed by atoms with van der Waals surface area (Å²) in [4.78, 5) is 43.1. The van der Waals surface area contributed by atoms with E-state index in [4.69, 9.17) is 4.42 Å². The van der Waals surface area contributed by atoms with Crippen LogP contribution < -0.4 is 10.1 Å². The summed E-state index contributed by atoms with van der Waals surface area (Å²) >= 11 is 1.32. The molecule has 3 rings (SSSR count). The predicted octanol–water partition coefficient (Wildman–Crippen LogP) is 5.19. The van der Waals surface area contributed by atoms with Crippen molar-refractivity contribution in [3.63, 3.8) is 0 Å². The summed E-state index contributed by atoms with van der Waals surface area (Å²) in [7, 11) is 3.87. The van der Waals surface area contributed by atoms with Gasteiger partial charge in [-0.2, -0.15) is 0 Å². The number of hydrogen-bond donors (Lipinski definition) is 1. The van der Waals surface area contributed by atoms with E-state index in [0.717, 1.165) is 25.1 Å². The molecular formula is C27H37ClF3N5O5S. The summed E-state index contributed by atoms with van der Waals surface area (Å²) in [5, 5.41) is 11.1. The van der Waals surface area contributed by atoms with E-state index < -0.39 is 35.5 Å². The molecule has 42 heavy (non-hydrogen) atoms. The number of nitrogens with zero attached hydrogens (tertiary/aromatic N) is 4. The van der Waals surface area contributed by atoms with E-state index in [1.54, 1.807) is 0 Å². The van der Waals surface area contributed by atoms with Crippen molar-refractivity contribution in [3.05, 3.63) is 35.7 Å². The monoisotopic (exact) mass is 635 g/mol. The molecule has 1 saturated carbocycles. The first-order valence-electron chi connectivity index (χ1n) is 13.4. The van der Waals surface area contributed by atoms with Crippen molar-refractivity contribution in [3.8, 4) is 5.75 Å². The van der Waals surface area contributed by atoms with Gasteiger partial charge in [0, 0.05) is 17.9 Å². The summed E-state index contributed by atoms with van der Waals surface area (Å²) in [5.74, 6) is -1.11. The SMILES string of the molecule is CC(C)CC(C(=O)c1nnc(SCCN(C)C)o1)N(C=O)C1(NC(=O)c2ccc(OC(F)(F)F)cc2)CCCCC1.Cl. The van der Waals surface area contributed by atoms with Crippen LogP contribution in [0.25, 0.3) is 0 Å². The standard InChI is InChI=1S/C27H36F3N5O5S.ClH/c1-18(2)16-21(22(37)24-32-33-25(39-24)41-15-14-34(3)4)35(17-36)26(12-6-5-7-13-26)31-23(38)19-8-10-20(11-9-19)40-27(28,29)30;/h8-11,17-18,21H,5-7,12-16H2,1-4H3,(H,31,38);1H. The van der Waals surface area contributed by atoms with Gasteiger partial charge in [0.25, 0.3) is 17.0 Å². The lowest BCUT2D eigenvalue weighted by Crippen LogP contribution is -2.65. The van der Waals surface area contributed by atoms with Gasteiger partial charge in [0.2, 0.25) is 12.2 Å². The Balaban J connectivity index is 0.00000616. The Labute approximate surface area is 253 Å². The van der Waals surface area contributed by atoms with Crippen molar-refractivity contribution in [2.75, 3.05) is 26.4 Å². The molecule has 1 aromatic carbocycles. The molecule has 0 saturated heterocycles. The van der Waals surface area contributed by atoms with Crippen LogP contribution in [0, 0.1) is 5.92 Å². The van der Waals surface area contributed by atoms with Crippen LogP contribution in [0.3, 0.4) is 0 Å². The number of ketones is 1. The van der Waals surface area contributed by atoms with Gasteiger partial charge in [0.1, 0.15) is 17.5 Å². The van der Waals surface area contributed by atoms with Crippen LogP contribution in [0.15, 0.2) is 33.9 Å². The average Bonchev–Trinajstić information content (AvgIpc) is 3.36.